The molecule has 1 heterocycles. The molecule has 19 heavy (non-hydrogen) atoms. The molecule has 0 spiro atoms. The molecule has 1 atom stereocenters. The Bertz CT molecular complexity index is 537. The van der Waals surface area contributed by atoms with Crippen molar-refractivity contribution in [2.75, 3.05) is 25.0 Å². The SMILES string of the molecule is Cc1ccc(S(N)(=O)=O)cc1NCC1CCCNC1. The Labute approximate surface area is 114 Å². The fourth-order valence-corrected chi connectivity index (χ4v) is 2.86. The van der Waals surface area contributed by atoms with Crippen molar-refractivity contribution in [3.05, 3.63) is 23.8 Å². The van der Waals surface area contributed by atoms with Crippen molar-refractivity contribution < 1.29 is 8.42 Å². The lowest BCUT2D eigenvalue weighted by molar-refractivity contribution is 0.393. The van der Waals surface area contributed by atoms with E-state index in [1.165, 1.54) is 18.9 Å². The summed E-state index contributed by atoms with van der Waals surface area (Å²) in [5, 5.41) is 11.8. The first-order valence-electron chi connectivity index (χ1n) is 6.55. The van der Waals surface area contributed by atoms with Crippen LogP contribution in [0, 0.1) is 12.8 Å². The van der Waals surface area contributed by atoms with Gasteiger partial charge < -0.3 is 10.6 Å². The zero-order chi connectivity index (χ0) is 13.9. The van der Waals surface area contributed by atoms with E-state index >= 15 is 0 Å². The van der Waals surface area contributed by atoms with Gasteiger partial charge >= 0.3 is 0 Å². The number of hydrogen-bond donors (Lipinski definition) is 3. The lowest BCUT2D eigenvalue weighted by Crippen LogP contribution is -2.33. The molecular formula is C13H21N3O2S. The zero-order valence-electron chi connectivity index (χ0n) is 11.1. The summed E-state index contributed by atoms with van der Waals surface area (Å²) in [6, 6.07) is 4.93. The molecule has 0 radical (unpaired) electrons. The van der Waals surface area contributed by atoms with Gasteiger partial charge in [-0.2, -0.15) is 0 Å². The van der Waals surface area contributed by atoms with Crippen molar-refractivity contribution in [3.63, 3.8) is 0 Å². The maximum absolute atomic E-state index is 11.3. The summed E-state index contributed by atoms with van der Waals surface area (Å²) in [4.78, 5) is 0.155. The highest BCUT2D eigenvalue weighted by Gasteiger charge is 2.14. The summed E-state index contributed by atoms with van der Waals surface area (Å²) in [6.45, 7) is 4.91. The van der Waals surface area contributed by atoms with Gasteiger partial charge in [-0.1, -0.05) is 6.07 Å². The molecule has 5 nitrogen and oxygen atoms in total. The Morgan fingerprint density at radius 3 is 2.89 bits per heavy atom. The average Bonchev–Trinajstić information content (AvgIpc) is 2.37. The fraction of sp³-hybridized carbons (Fsp3) is 0.538. The van der Waals surface area contributed by atoms with E-state index in [4.69, 9.17) is 5.14 Å². The molecule has 0 saturated carbocycles. The summed E-state index contributed by atoms with van der Waals surface area (Å²) < 4.78 is 22.7. The first-order chi connectivity index (χ1) is 8.97. The first-order valence-corrected chi connectivity index (χ1v) is 8.09. The second-order valence-electron chi connectivity index (χ2n) is 5.12. The molecule has 2 rings (SSSR count). The summed E-state index contributed by atoms with van der Waals surface area (Å²) in [5.74, 6) is 0.589. The van der Waals surface area contributed by atoms with E-state index in [0.29, 0.717) is 5.92 Å². The minimum atomic E-state index is -3.64. The van der Waals surface area contributed by atoms with Gasteiger partial charge in [0.15, 0.2) is 0 Å². The molecule has 4 N–H and O–H groups in total. The minimum Gasteiger partial charge on any atom is -0.384 e. The third-order valence-electron chi connectivity index (χ3n) is 3.52. The second-order valence-corrected chi connectivity index (χ2v) is 6.68. The maximum Gasteiger partial charge on any atom is 0.238 e. The predicted molar refractivity (Wildman–Crippen MR) is 76.6 cm³/mol. The molecule has 1 aromatic carbocycles. The molecule has 6 heteroatoms. The third kappa shape index (κ3) is 3.92. The molecule has 0 aromatic heterocycles. The van der Waals surface area contributed by atoms with Crippen molar-refractivity contribution in [1.82, 2.24) is 5.32 Å². The maximum atomic E-state index is 11.3. The molecule has 1 aliphatic rings. The molecule has 0 aliphatic carbocycles. The first kappa shape index (κ1) is 14.3. The number of aryl methyl sites for hydroxylation is 1. The van der Waals surface area contributed by atoms with Crippen LogP contribution in [0.4, 0.5) is 5.69 Å². The van der Waals surface area contributed by atoms with Gasteiger partial charge in [0, 0.05) is 12.2 Å². The van der Waals surface area contributed by atoms with E-state index in [1.54, 1.807) is 12.1 Å². The van der Waals surface area contributed by atoms with Gasteiger partial charge in [-0.3, -0.25) is 0 Å². The number of nitrogens with two attached hydrogens (primary N) is 1. The smallest absolute Gasteiger partial charge is 0.238 e. The number of primary sulfonamides is 1. The van der Waals surface area contributed by atoms with Crippen LogP contribution < -0.4 is 15.8 Å². The molecule has 1 aromatic rings. The van der Waals surface area contributed by atoms with Crippen molar-refractivity contribution in [1.29, 1.82) is 0 Å². The molecule has 1 aliphatic heterocycles. The largest absolute Gasteiger partial charge is 0.384 e. The Morgan fingerprint density at radius 2 is 2.26 bits per heavy atom. The number of benzene rings is 1. The molecule has 1 unspecified atom stereocenters. The topological polar surface area (TPSA) is 84.2 Å². The van der Waals surface area contributed by atoms with Gasteiger partial charge in [0.1, 0.15) is 0 Å². The van der Waals surface area contributed by atoms with Gasteiger partial charge in [0.05, 0.1) is 4.90 Å². The van der Waals surface area contributed by atoms with Gasteiger partial charge in [-0.05, 0) is 56.5 Å². The number of rotatable bonds is 4. The van der Waals surface area contributed by atoms with E-state index in [2.05, 4.69) is 10.6 Å². The number of piperidine rings is 1. The normalized spacial score (nSPS) is 20.2. The van der Waals surface area contributed by atoms with Crippen molar-refractivity contribution in [2.24, 2.45) is 11.1 Å². The van der Waals surface area contributed by atoms with Crippen LogP contribution in [-0.2, 0) is 10.0 Å². The van der Waals surface area contributed by atoms with Crippen molar-refractivity contribution in [2.45, 2.75) is 24.7 Å². The predicted octanol–water partition coefficient (Wildman–Crippen LogP) is 1.05. The number of hydrogen-bond acceptors (Lipinski definition) is 4. The summed E-state index contributed by atoms with van der Waals surface area (Å²) in [7, 11) is -3.64. The molecule has 1 fully saturated rings. The van der Waals surface area contributed by atoms with Crippen LogP contribution in [0.25, 0.3) is 0 Å². The van der Waals surface area contributed by atoms with Crippen LogP contribution in [0.1, 0.15) is 18.4 Å². The Morgan fingerprint density at radius 1 is 1.47 bits per heavy atom. The highest BCUT2D eigenvalue weighted by Crippen LogP contribution is 2.20. The second kappa shape index (κ2) is 5.90. The van der Waals surface area contributed by atoms with E-state index in [9.17, 15) is 8.42 Å². The van der Waals surface area contributed by atoms with Crippen LogP contribution >= 0.6 is 0 Å². The highest BCUT2D eigenvalue weighted by atomic mass is 32.2. The highest BCUT2D eigenvalue weighted by molar-refractivity contribution is 7.89. The standard InChI is InChI=1S/C13H21N3O2S/c1-10-4-5-12(19(14,17)18)7-13(10)16-9-11-3-2-6-15-8-11/h4-5,7,11,15-16H,2-3,6,8-9H2,1H3,(H2,14,17,18). The molecule has 106 valence electrons. The molecule has 0 amide bonds. The van der Waals surface area contributed by atoms with Gasteiger partial charge in [-0.25, -0.2) is 13.6 Å². The van der Waals surface area contributed by atoms with Crippen molar-refractivity contribution >= 4 is 15.7 Å². The summed E-state index contributed by atoms with van der Waals surface area (Å²) >= 11 is 0. The average molecular weight is 283 g/mol. The van der Waals surface area contributed by atoms with Crippen LogP contribution in [0.5, 0.6) is 0 Å². The Hall–Kier alpha value is -1.11. The van der Waals surface area contributed by atoms with Crippen LogP contribution in [-0.4, -0.2) is 28.1 Å². The fourth-order valence-electron chi connectivity index (χ4n) is 2.32. The van der Waals surface area contributed by atoms with E-state index in [-0.39, 0.29) is 4.90 Å². The molecule has 0 bridgehead atoms. The van der Waals surface area contributed by atoms with E-state index in [1.807, 2.05) is 6.92 Å². The monoisotopic (exact) mass is 283 g/mol. The lowest BCUT2D eigenvalue weighted by Gasteiger charge is -2.24. The Kier molecular flexibility index (Phi) is 4.44. The van der Waals surface area contributed by atoms with Gasteiger partial charge in [0.25, 0.3) is 0 Å². The Balaban J connectivity index is 2.06. The molecular weight excluding hydrogens is 262 g/mol. The lowest BCUT2D eigenvalue weighted by atomic mass is 9.99. The number of anilines is 1. The van der Waals surface area contributed by atoms with Crippen LogP contribution in [0.2, 0.25) is 0 Å². The van der Waals surface area contributed by atoms with Gasteiger partial charge in [-0.15, -0.1) is 0 Å². The number of nitrogens with one attached hydrogen (secondary N) is 2. The van der Waals surface area contributed by atoms with Gasteiger partial charge in [0.2, 0.25) is 10.0 Å². The summed E-state index contributed by atoms with van der Waals surface area (Å²) in [5.41, 5.74) is 1.87. The summed E-state index contributed by atoms with van der Waals surface area (Å²) in [6.07, 6.45) is 2.40. The van der Waals surface area contributed by atoms with Crippen LogP contribution in [0.3, 0.4) is 0 Å². The quantitative estimate of drug-likeness (QED) is 0.771. The minimum absolute atomic E-state index is 0.155. The third-order valence-corrected chi connectivity index (χ3v) is 4.43. The van der Waals surface area contributed by atoms with Crippen LogP contribution in [0.15, 0.2) is 23.1 Å². The number of sulfonamides is 1. The van der Waals surface area contributed by atoms with E-state index in [0.717, 1.165) is 30.9 Å². The molecule has 1 saturated heterocycles. The van der Waals surface area contributed by atoms with Crippen molar-refractivity contribution in [3.8, 4) is 0 Å². The zero-order valence-corrected chi connectivity index (χ0v) is 12.0. The van der Waals surface area contributed by atoms with E-state index < -0.39 is 10.0 Å².